The molecule has 170 valence electrons. The molecule has 3 aliphatic rings. The van der Waals surface area contributed by atoms with Crippen molar-refractivity contribution in [1.29, 1.82) is 0 Å². The molecule has 2 aromatic rings. The predicted octanol–water partition coefficient (Wildman–Crippen LogP) is 2.27. The highest BCUT2D eigenvalue weighted by Gasteiger charge is 2.50. The summed E-state index contributed by atoms with van der Waals surface area (Å²) in [5.41, 5.74) is 0.815. The van der Waals surface area contributed by atoms with Gasteiger partial charge in [-0.3, -0.25) is 24.6 Å². The number of urea groups is 1. The van der Waals surface area contributed by atoms with Crippen LogP contribution < -0.4 is 25.6 Å². The lowest BCUT2D eigenvalue weighted by atomic mass is 9.96. The second kappa shape index (κ2) is 7.31. The van der Waals surface area contributed by atoms with E-state index in [0.717, 1.165) is 15.6 Å². The standard InChI is InChI=1S/C23H21BrN4O5/c1-22(2)20(31)28(16-8-14(24)4-6-17(16)33-22)11-18(29)25-15-5-3-12-9-23(10-13(12)7-15)19(30)26-21(32)27-23/h3-8H,9-11H2,1-2H3,(H,25,29)(H2,26,27,30,32). The van der Waals surface area contributed by atoms with Gasteiger partial charge in [0.05, 0.1) is 5.69 Å². The van der Waals surface area contributed by atoms with Gasteiger partial charge in [0.25, 0.3) is 11.8 Å². The van der Waals surface area contributed by atoms with Gasteiger partial charge in [0.2, 0.25) is 5.91 Å². The first kappa shape index (κ1) is 21.4. The fourth-order valence-corrected chi connectivity index (χ4v) is 4.92. The van der Waals surface area contributed by atoms with Crippen molar-refractivity contribution >= 4 is 51.1 Å². The molecular formula is C23H21BrN4O5. The predicted molar refractivity (Wildman–Crippen MR) is 123 cm³/mol. The van der Waals surface area contributed by atoms with E-state index in [1.54, 1.807) is 38.1 Å². The van der Waals surface area contributed by atoms with E-state index >= 15 is 0 Å². The smallest absolute Gasteiger partial charge is 0.322 e. The summed E-state index contributed by atoms with van der Waals surface area (Å²) >= 11 is 3.40. The minimum atomic E-state index is -1.10. The normalized spacial score (nSPS) is 22.4. The van der Waals surface area contributed by atoms with Gasteiger partial charge in [-0.2, -0.15) is 0 Å². The molecule has 1 aliphatic carbocycles. The molecule has 10 heteroatoms. The van der Waals surface area contributed by atoms with E-state index in [0.29, 0.717) is 30.0 Å². The van der Waals surface area contributed by atoms with E-state index in [1.807, 2.05) is 12.1 Å². The van der Waals surface area contributed by atoms with E-state index in [4.69, 9.17) is 4.74 Å². The Morgan fingerprint density at radius 2 is 1.88 bits per heavy atom. The highest BCUT2D eigenvalue weighted by Crippen LogP contribution is 2.39. The Kier molecular flexibility index (Phi) is 4.75. The Morgan fingerprint density at radius 3 is 2.61 bits per heavy atom. The first-order valence-electron chi connectivity index (χ1n) is 10.4. The average Bonchev–Trinajstić information content (AvgIpc) is 3.23. The number of carbonyl (C=O) groups is 4. The molecule has 2 aliphatic heterocycles. The lowest BCUT2D eigenvalue weighted by molar-refractivity contribution is -0.133. The second-order valence-electron chi connectivity index (χ2n) is 8.99. The number of hydrogen-bond acceptors (Lipinski definition) is 5. The first-order valence-corrected chi connectivity index (χ1v) is 11.2. The monoisotopic (exact) mass is 512 g/mol. The van der Waals surface area contributed by atoms with Gasteiger partial charge in [0.15, 0.2) is 5.60 Å². The van der Waals surface area contributed by atoms with Crippen LogP contribution in [0.2, 0.25) is 0 Å². The molecular weight excluding hydrogens is 492 g/mol. The van der Waals surface area contributed by atoms with Gasteiger partial charge in [-0.05, 0) is 55.3 Å². The molecule has 5 rings (SSSR count). The summed E-state index contributed by atoms with van der Waals surface area (Å²) in [5, 5.41) is 7.85. The van der Waals surface area contributed by atoms with Crippen LogP contribution in [0.15, 0.2) is 40.9 Å². The zero-order chi connectivity index (χ0) is 23.5. The van der Waals surface area contributed by atoms with Gasteiger partial charge in [0, 0.05) is 23.0 Å². The molecule has 1 saturated heterocycles. The van der Waals surface area contributed by atoms with Gasteiger partial charge in [-0.25, -0.2) is 4.79 Å². The molecule has 1 unspecified atom stereocenters. The number of ether oxygens (including phenoxy) is 1. The number of imide groups is 1. The number of anilines is 2. The summed E-state index contributed by atoms with van der Waals surface area (Å²) in [6, 6.07) is 10.2. The fraction of sp³-hybridized carbons (Fsp3) is 0.304. The molecule has 9 nitrogen and oxygen atoms in total. The highest BCUT2D eigenvalue weighted by atomic mass is 79.9. The number of nitrogens with one attached hydrogen (secondary N) is 3. The molecule has 2 aromatic carbocycles. The van der Waals surface area contributed by atoms with Crippen molar-refractivity contribution in [1.82, 2.24) is 10.6 Å². The topological polar surface area (TPSA) is 117 Å². The van der Waals surface area contributed by atoms with E-state index in [2.05, 4.69) is 31.9 Å². The van der Waals surface area contributed by atoms with E-state index in [1.165, 1.54) is 4.90 Å². The average molecular weight is 513 g/mol. The molecule has 0 aromatic heterocycles. The highest BCUT2D eigenvalue weighted by molar-refractivity contribution is 9.10. The Hall–Kier alpha value is -3.40. The van der Waals surface area contributed by atoms with Gasteiger partial charge >= 0.3 is 6.03 Å². The van der Waals surface area contributed by atoms with Gasteiger partial charge in [-0.1, -0.05) is 22.0 Å². The van der Waals surface area contributed by atoms with Crippen molar-refractivity contribution in [3.05, 3.63) is 52.0 Å². The summed E-state index contributed by atoms with van der Waals surface area (Å²) in [4.78, 5) is 51.2. The van der Waals surface area contributed by atoms with E-state index in [9.17, 15) is 19.2 Å². The van der Waals surface area contributed by atoms with Crippen LogP contribution in [-0.4, -0.2) is 41.4 Å². The summed E-state index contributed by atoms with van der Waals surface area (Å²) in [6.45, 7) is 3.15. The number of halogens is 1. The maximum absolute atomic E-state index is 13.0. The Morgan fingerprint density at radius 1 is 1.12 bits per heavy atom. The maximum atomic E-state index is 13.0. The van der Waals surface area contributed by atoms with Crippen LogP contribution in [0.5, 0.6) is 5.75 Å². The third-order valence-electron chi connectivity index (χ3n) is 6.13. The number of hydrogen-bond donors (Lipinski definition) is 3. The number of rotatable bonds is 3. The molecule has 33 heavy (non-hydrogen) atoms. The summed E-state index contributed by atoms with van der Waals surface area (Å²) < 4.78 is 6.59. The van der Waals surface area contributed by atoms with Crippen molar-refractivity contribution in [2.75, 3.05) is 16.8 Å². The number of carbonyl (C=O) groups excluding carboxylic acids is 4. The van der Waals surface area contributed by atoms with Gasteiger partial charge in [-0.15, -0.1) is 0 Å². The lowest BCUT2D eigenvalue weighted by Crippen LogP contribution is -2.54. The van der Waals surface area contributed by atoms with Crippen molar-refractivity contribution in [3.63, 3.8) is 0 Å². The molecule has 1 fully saturated rings. The van der Waals surface area contributed by atoms with Crippen LogP contribution >= 0.6 is 15.9 Å². The summed E-state index contributed by atoms with van der Waals surface area (Å²) in [7, 11) is 0. The van der Waals surface area contributed by atoms with Crippen LogP contribution in [0.4, 0.5) is 16.2 Å². The number of nitrogens with zero attached hydrogens (tertiary/aromatic N) is 1. The number of fused-ring (bicyclic) bond motifs is 2. The molecule has 3 N–H and O–H groups in total. The lowest BCUT2D eigenvalue weighted by Gasteiger charge is -2.38. The SMILES string of the molecule is CC1(C)Oc2ccc(Br)cc2N(CC(=O)Nc2ccc3c(c2)CC2(C3)NC(=O)NC2=O)C1=O. The third kappa shape index (κ3) is 3.64. The van der Waals surface area contributed by atoms with E-state index < -0.39 is 17.2 Å². The largest absolute Gasteiger partial charge is 0.476 e. The summed E-state index contributed by atoms with van der Waals surface area (Å²) in [5.74, 6) is -0.503. The zero-order valence-corrected chi connectivity index (χ0v) is 19.5. The molecule has 1 atom stereocenters. The Balaban J connectivity index is 1.34. The Bertz CT molecular complexity index is 1240. The van der Waals surface area contributed by atoms with Crippen molar-refractivity contribution < 1.29 is 23.9 Å². The molecule has 0 radical (unpaired) electrons. The molecule has 5 amide bonds. The quantitative estimate of drug-likeness (QED) is 0.545. The van der Waals surface area contributed by atoms with Gasteiger partial charge < -0.3 is 15.4 Å². The minimum Gasteiger partial charge on any atom is -0.476 e. The first-order chi connectivity index (χ1) is 15.6. The summed E-state index contributed by atoms with van der Waals surface area (Å²) in [6.07, 6.45) is 0.748. The molecule has 0 bridgehead atoms. The van der Waals surface area contributed by atoms with Crippen LogP contribution in [0.1, 0.15) is 25.0 Å². The molecule has 0 saturated carbocycles. The maximum Gasteiger partial charge on any atom is 0.322 e. The zero-order valence-electron chi connectivity index (χ0n) is 18.0. The van der Waals surface area contributed by atoms with Crippen LogP contribution in [-0.2, 0) is 27.2 Å². The second-order valence-corrected chi connectivity index (χ2v) is 9.91. The minimum absolute atomic E-state index is 0.186. The van der Waals surface area contributed by atoms with Crippen LogP contribution in [0, 0.1) is 0 Å². The van der Waals surface area contributed by atoms with Crippen molar-refractivity contribution in [2.45, 2.75) is 37.8 Å². The van der Waals surface area contributed by atoms with Gasteiger partial charge in [0.1, 0.15) is 17.8 Å². The van der Waals surface area contributed by atoms with Crippen LogP contribution in [0.25, 0.3) is 0 Å². The van der Waals surface area contributed by atoms with Crippen LogP contribution in [0.3, 0.4) is 0 Å². The number of amides is 5. The van der Waals surface area contributed by atoms with Crippen molar-refractivity contribution in [2.24, 2.45) is 0 Å². The number of benzene rings is 2. The third-order valence-corrected chi connectivity index (χ3v) is 6.62. The van der Waals surface area contributed by atoms with Crippen molar-refractivity contribution in [3.8, 4) is 5.75 Å². The fourth-order valence-electron chi connectivity index (χ4n) is 4.57. The Labute approximate surface area is 198 Å². The van der Waals surface area contributed by atoms with E-state index in [-0.39, 0.29) is 24.3 Å². The molecule has 1 spiro atoms. The molecule has 2 heterocycles.